The summed E-state index contributed by atoms with van der Waals surface area (Å²) in [5.74, 6) is 5.36. The molecule has 0 aliphatic heterocycles. The highest BCUT2D eigenvalue weighted by atomic mass is 16.5. The van der Waals surface area contributed by atoms with Crippen LogP contribution in [0.25, 0.3) is 0 Å². The predicted octanol–water partition coefficient (Wildman–Crippen LogP) is 1.99. The summed E-state index contributed by atoms with van der Waals surface area (Å²) >= 11 is 0. The van der Waals surface area contributed by atoms with Crippen molar-refractivity contribution in [2.24, 2.45) is 5.92 Å². The zero-order valence-corrected chi connectivity index (χ0v) is 8.02. The molecule has 0 bridgehead atoms. The maximum atomic E-state index is 11.1. The van der Waals surface area contributed by atoms with Crippen molar-refractivity contribution in [3.63, 3.8) is 0 Å². The van der Waals surface area contributed by atoms with Gasteiger partial charge in [0.2, 0.25) is 0 Å². The molecule has 1 unspecified atom stereocenters. The van der Waals surface area contributed by atoms with Crippen LogP contribution >= 0.6 is 0 Å². The fourth-order valence-electron chi connectivity index (χ4n) is 0.905. The van der Waals surface area contributed by atoms with E-state index in [-0.39, 0.29) is 11.9 Å². The first-order chi connectivity index (χ1) is 5.76. The third-order valence-corrected chi connectivity index (χ3v) is 1.52. The van der Waals surface area contributed by atoms with Crippen molar-refractivity contribution in [2.45, 2.75) is 33.1 Å². The molecule has 0 heterocycles. The summed E-state index contributed by atoms with van der Waals surface area (Å²) in [6.07, 6.45) is 2.54. The number of carbonyl (C=O) groups is 1. The Labute approximate surface area is 74.3 Å². The Hall–Kier alpha value is -0.970. The van der Waals surface area contributed by atoms with E-state index in [4.69, 9.17) is 0 Å². The average molecular weight is 168 g/mol. The summed E-state index contributed by atoms with van der Waals surface area (Å²) in [5, 5.41) is 0. The van der Waals surface area contributed by atoms with Gasteiger partial charge in [-0.1, -0.05) is 26.2 Å². The highest BCUT2D eigenvalue weighted by Crippen LogP contribution is 2.06. The van der Waals surface area contributed by atoms with Crippen LogP contribution in [0.2, 0.25) is 0 Å². The summed E-state index contributed by atoms with van der Waals surface area (Å²) in [6, 6.07) is 0. The van der Waals surface area contributed by atoms with Gasteiger partial charge < -0.3 is 4.74 Å². The van der Waals surface area contributed by atoms with Gasteiger partial charge in [0.25, 0.3) is 0 Å². The minimum atomic E-state index is -0.222. The first-order valence-corrected chi connectivity index (χ1v) is 4.32. The van der Waals surface area contributed by atoms with Crippen molar-refractivity contribution in [3.05, 3.63) is 0 Å². The smallest absolute Gasteiger partial charge is 0.320 e. The minimum absolute atomic E-state index is 0.210. The SMILES string of the molecule is CCC#CC(CCC)C(=O)OC. The summed E-state index contributed by atoms with van der Waals surface area (Å²) < 4.78 is 4.62. The van der Waals surface area contributed by atoms with Crippen molar-refractivity contribution in [2.75, 3.05) is 7.11 Å². The van der Waals surface area contributed by atoms with Crippen LogP contribution in [-0.2, 0) is 9.53 Å². The number of ether oxygens (including phenoxy) is 1. The maximum Gasteiger partial charge on any atom is 0.320 e. The second kappa shape index (κ2) is 6.72. The normalized spacial score (nSPS) is 11.2. The molecule has 0 amide bonds. The fourth-order valence-corrected chi connectivity index (χ4v) is 0.905. The summed E-state index contributed by atoms with van der Waals surface area (Å²) in [5.41, 5.74) is 0. The van der Waals surface area contributed by atoms with Gasteiger partial charge in [-0.15, -0.1) is 5.92 Å². The molecule has 0 N–H and O–H groups in total. The molecule has 0 spiro atoms. The number of hydrogen-bond donors (Lipinski definition) is 0. The molecule has 0 rings (SSSR count). The van der Waals surface area contributed by atoms with Crippen LogP contribution in [0.3, 0.4) is 0 Å². The van der Waals surface area contributed by atoms with Crippen LogP contribution in [0.5, 0.6) is 0 Å². The van der Waals surface area contributed by atoms with Crippen LogP contribution in [-0.4, -0.2) is 13.1 Å². The Morgan fingerprint density at radius 2 is 2.17 bits per heavy atom. The van der Waals surface area contributed by atoms with Gasteiger partial charge in [-0.05, 0) is 6.42 Å². The van der Waals surface area contributed by atoms with E-state index in [2.05, 4.69) is 16.6 Å². The van der Waals surface area contributed by atoms with Crippen molar-refractivity contribution < 1.29 is 9.53 Å². The molecular formula is C10H16O2. The highest BCUT2D eigenvalue weighted by Gasteiger charge is 2.14. The third kappa shape index (κ3) is 4.02. The van der Waals surface area contributed by atoms with E-state index in [1.54, 1.807) is 0 Å². The maximum absolute atomic E-state index is 11.1. The Morgan fingerprint density at radius 1 is 1.50 bits per heavy atom. The lowest BCUT2D eigenvalue weighted by Gasteiger charge is -2.05. The number of hydrogen-bond acceptors (Lipinski definition) is 2. The van der Waals surface area contributed by atoms with Gasteiger partial charge in [-0.2, -0.15) is 0 Å². The largest absolute Gasteiger partial charge is 0.468 e. The lowest BCUT2D eigenvalue weighted by Crippen LogP contribution is -2.13. The molecule has 12 heavy (non-hydrogen) atoms. The molecule has 68 valence electrons. The van der Waals surface area contributed by atoms with E-state index in [0.29, 0.717) is 0 Å². The van der Waals surface area contributed by atoms with E-state index >= 15 is 0 Å². The van der Waals surface area contributed by atoms with Gasteiger partial charge in [0.1, 0.15) is 5.92 Å². The standard InChI is InChI=1S/C10H16O2/c1-4-6-8-9(7-5-2)10(11)12-3/h9H,4-5,7H2,1-3H3. The van der Waals surface area contributed by atoms with Crippen molar-refractivity contribution in [3.8, 4) is 11.8 Å². The number of esters is 1. The molecule has 0 saturated heterocycles. The summed E-state index contributed by atoms with van der Waals surface area (Å²) in [6.45, 7) is 4.00. The lowest BCUT2D eigenvalue weighted by atomic mass is 10.0. The van der Waals surface area contributed by atoms with Crippen molar-refractivity contribution in [1.29, 1.82) is 0 Å². The van der Waals surface area contributed by atoms with E-state index in [1.165, 1.54) is 7.11 Å². The number of carbonyl (C=O) groups excluding carboxylic acids is 1. The fraction of sp³-hybridized carbons (Fsp3) is 0.700. The Bertz CT molecular complexity index is 186. The topological polar surface area (TPSA) is 26.3 Å². The van der Waals surface area contributed by atoms with Gasteiger partial charge in [0, 0.05) is 6.42 Å². The van der Waals surface area contributed by atoms with Gasteiger partial charge in [0.15, 0.2) is 0 Å². The van der Waals surface area contributed by atoms with Crippen LogP contribution < -0.4 is 0 Å². The molecule has 0 aromatic rings. The lowest BCUT2D eigenvalue weighted by molar-refractivity contribution is -0.143. The van der Waals surface area contributed by atoms with Crippen molar-refractivity contribution in [1.82, 2.24) is 0 Å². The molecule has 2 nitrogen and oxygen atoms in total. The molecule has 0 aromatic carbocycles. The molecule has 0 aliphatic rings. The van der Waals surface area contributed by atoms with E-state index in [0.717, 1.165) is 19.3 Å². The van der Waals surface area contributed by atoms with Crippen LogP contribution in [0.4, 0.5) is 0 Å². The molecular weight excluding hydrogens is 152 g/mol. The van der Waals surface area contributed by atoms with E-state index < -0.39 is 0 Å². The molecule has 0 saturated carbocycles. The third-order valence-electron chi connectivity index (χ3n) is 1.52. The van der Waals surface area contributed by atoms with Crippen LogP contribution in [0, 0.1) is 17.8 Å². The number of methoxy groups -OCH3 is 1. The van der Waals surface area contributed by atoms with E-state index in [1.807, 2.05) is 13.8 Å². The summed E-state index contributed by atoms with van der Waals surface area (Å²) in [4.78, 5) is 11.1. The predicted molar refractivity (Wildman–Crippen MR) is 48.5 cm³/mol. The van der Waals surface area contributed by atoms with Crippen molar-refractivity contribution >= 4 is 5.97 Å². The first kappa shape index (κ1) is 11.0. The van der Waals surface area contributed by atoms with E-state index in [9.17, 15) is 4.79 Å². The average Bonchev–Trinajstić information content (AvgIpc) is 2.11. The quantitative estimate of drug-likeness (QED) is 0.476. The van der Waals surface area contributed by atoms with Gasteiger partial charge in [-0.25, -0.2) is 0 Å². The molecule has 1 atom stereocenters. The molecule has 0 aromatic heterocycles. The summed E-state index contributed by atoms with van der Waals surface area (Å²) in [7, 11) is 1.40. The minimum Gasteiger partial charge on any atom is -0.468 e. The van der Waals surface area contributed by atoms with Crippen LogP contribution in [0.1, 0.15) is 33.1 Å². The number of rotatable bonds is 3. The second-order valence-corrected chi connectivity index (χ2v) is 2.54. The highest BCUT2D eigenvalue weighted by molar-refractivity contribution is 5.75. The Kier molecular flexibility index (Phi) is 6.18. The molecule has 0 radical (unpaired) electrons. The zero-order chi connectivity index (χ0) is 9.40. The Morgan fingerprint density at radius 3 is 2.58 bits per heavy atom. The molecule has 0 aliphatic carbocycles. The zero-order valence-electron chi connectivity index (χ0n) is 8.02. The van der Waals surface area contributed by atoms with Gasteiger partial charge in [-0.3, -0.25) is 4.79 Å². The van der Waals surface area contributed by atoms with Crippen LogP contribution in [0.15, 0.2) is 0 Å². The molecule has 0 fully saturated rings. The van der Waals surface area contributed by atoms with Gasteiger partial charge >= 0.3 is 5.97 Å². The molecule has 2 heteroatoms. The second-order valence-electron chi connectivity index (χ2n) is 2.54. The monoisotopic (exact) mass is 168 g/mol. The Balaban J connectivity index is 4.12. The van der Waals surface area contributed by atoms with Gasteiger partial charge in [0.05, 0.1) is 7.11 Å². The first-order valence-electron chi connectivity index (χ1n) is 4.32.